The highest BCUT2D eigenvalue weighted by Crippen LogP contribution is 2.26. The molecule has 1 fully saturated rings. The summed E-state index contributed by atoms with van der Waals surface area (Å²) in [6.07, 6.45) is 4.68. The third-order valence-corrected chi connectivity index (χ3v) is 4.49. The van der Waals surface area contributed by atoms with Gasteiger partial charge in [0.2, 0.25) is 0 Å². The van der Waals surface area contributed by atoms with Crippen molar-refractivity contribution in [2.75, 3.05) is 13.1 Å². The SMILES string of the molecule is CCCn1c(CCC2CCNC2)nc2cccc(Cl)c21. The fourth-order valence-corrected chi connectivity index (χ4v) is 3.41. The molecule has 1 unspecified atom stereocenters. The lowest BCUT2D eigenvalue weighted by atomic mass is 10.0. The van der Waals surface area contributed by atoms with E-state index < -0.39 is 0 Å². The maximum absolute atomic E-state index is 6.37. The Morgan fingerprint density at radius 3 is 3.10 bits per heavy atom. The second-order valence-electron chi connectivity index (χ2n) is 5.68. The van der Waals surface area contributed by atoms with Gasteiger partial charge in [-0.1, -0.05) is 24.6 Å². The van der Waals surface area contributed by atoms with E-state index in [1.54, 1.807) is 0 Å². The molecule has 3 rings (SSSR count). The number of aryl methyl sites for hydroxylation is 2. The van der Waals surface area contributed by atoms with Crippen LogP contribution in [0.15, 0.2) is 18.2 Å². The van der Waals surface area contributed by atoms with Crippen molar-refractivity contribution in [3.63, 3.8) is 0 Å². The third kappa shape index (κ3) is 2.70. The van der Waals surface area contributed by atoms with E-state index in [2.05, 4.69) is 22.9 Å². The fourth-order valence-electron chi connectivity index (χ4n) is 3.14. The fraction of sp³-hybridized carbons (Fsp3) is 0.562. The molecule has 1 N–H and O–H groups in total. The van der Waals surface area contributed by atoms with Gasteiger partial charge in [-0.2, -0.15) is 0 Å². The lowest BCUT2D eigenvalue weighted by Crippen LogP contribution is -2.11. The molecule has 1 aromatic heterocycles. The minimum absolute atomic E-state index is 0.806. The van der Waals surface area contributed by atoms with E-state index in [0.717, 1.165) is 47.9 Å². The van der Waals surface area contributed by atoms with E-state index in [4.69, 9.17) is 16.6 Å². The van der Waals surface area contributed by atoms with E-state index in [9.17, 15) is 0 Å². The number of halogens is 1. The van der Waals surface area contributed by atoms with Crippen molar-refractivity contribution < 1.29 is 0 Å². The summed E-state index contributed by atoms with van der Waals surface area (Å²) >= 11 is 6.37. The number of benzene rings is 1. The second kappa shape index (κ2) is 6.15. The first-order chi connectivity index (χ1) is 9.79. The Hall–Kier alpha value is -1.06. The molecule has 2 aromatic rings. The highest BCUT2D eigenvalue weighted by Gasteiger charge is 2.17. The van der Waals surface area contributed by atoms with Crippen molar-refractivity contribution in [1.29, 1.82) is 0 Å². The van der Waals surface area contributed by atoms with Gasteiger partial charge in [-0.25, -0.2) is 4.98 Å². The molecule has 1 atom stereocenters. The zero-order valence-electron chi connectivity index (χ0n) is 12.0. The van der Waals surface area contributed by atoms with Crippen LogP contribution in [0, 0.1) is 5.92 Å². The van der Waals surface area contributed by atoms with Gasteiger partial charge < -0.3 is 9.88 Å². The Balaban J connectivity index is 1.88. The topological polar surface area (TPSA) is 29.9 Å². The number of hydrogen-bond acceptors (Lipinski definition) is 2. The van der Waals surface area contributed by atoms with Crippen molar-refractivity contribution in [2.45, 2.75) is 39.2 Å². The monoisotopic (exact) mass is 291 g/mol. The minimum atomic E-state index is 0.806. The molecule has 108 valence electrons. The first kappa shape index (κ1) is 13.9. The second-order valence-corrected chi connectivity index (χ2v) is 6.09. The number of rotatable bonds is 5. The summed E-state index contributed by atoms with van der Waals surface area (Å²) in [5.74, 6) is 2.00. The maximum Gasteiger partial charge on any atom is 0.109 e. The Labute approximate surface area is 125 Å². The lowest BCUT2D eigenvalue weighted by Gasteiger charge is -2.11. The average molecular weight is 292 g/mol. The zero-order chi connectivity index (χ0) is 13.9. The molecule has 0 aliphatic carbocycles. The van der Waals surface area contributed by atoms with Gasteiger partial charge in [-0.05, 0) is 50.4 Å². The molecular weight excluding hydrogens is 270 g/mol. The van der Waals surface area contributed by atoms with Crippen LogP contribution < -0.4 is 5.32 Å². The normalized spacial score (nSPS) is 19.0. The van der Waals surface area contributed by atoms with E-state index in [-0.39, 0.29) is 0 Å². The highest BCUT2D eigenvalue weighted by atomic mass is 35.5. The smallest absolute Gasteiger partial charge is 0.109 e. The Morgan fingerprint density at radius 2 is 2.35 bits per heavy atom. The predicted molar refractivity (Wildman–Crippen MR) is 84.3 cm³/mol. The van der Waals surface area contributed by atoms with E-state index >= 15 is 0 Å². The van der Waals surface area contributed by atoms with Gasteiger partial charge in [0.1, 0.15) is 5.82 Å². The number of hydrogen-bond donors (Lipinski definition) is 1. The number of nitrogens with zero attached hydrogens (tertiary/aromatic N) is 2. The summed E-state index contributed by atoms with van der Waals surface area (Å²) in [5.41, 5.74) is 2.14. The number of aromatic nitrogens is 2. The average Bonchev–Trinajstić information content (AvgIpc) is 3.05. The molecular formula is C16H22ClN3. The standard InChI is InChI=1S/C16H22ClN3/c1-2-10-20-15(7-6-12-8-9-18-11-12)19-14-5-3-4-13(17)16(14)20/h3-5,12,18H,2,6-11H2,1H3. The minimum Gasteiger partial charge on any atom is -0.327 e. The Morgan fingerprint density at radius 1 is 1.45 bits per heavy atom. The van der Waals surface area contributed by atoms with Crippen LogP contribution in [0.5, 0.6) is 0 Å². The van der Waals surface area contributed by atoms with Crippen LogP contribution in [0.1, 0.15) is 32.0 Å². The van der Waals surface area contributed by atoms with Gasteiger partial charge in [-0.15, -0.1) is 0 Å². The quantitative estimate of drug-likeness (QED) is 0.911. The molecule has 20 heavy (non-hydrogen) atoms. The molecule has 3 nitrogen and oxygen atoms in total. The molecule has 0 amide bonds. The van der Waals surface area contributed by atoms with Crippen molar-refractivity contribution in [3.8, 4) is 0 Å². The molecule has 2 heterocycles. The van der Waals surface area contributed by atoms with Crippen LogP contribution in [-0.4, -0.2) is 22.6 Å². The van der Waals surface area contributed by atoms with Gasteiger partial charge in [0.25, 0.3) is 0 Å². The molecule has 1 aliphatic heterocycles. The molecule has 0 saturated carbocycles. The molecule has 1 aliphatic rings. The van der Waals surface area contributed by atoms with Crippen molar-refractivity contribution in [2.24, 2.45) is 5.92 Å². The maximum atomic E-state index is 6.37. The van der Waals surface area contributed by atoms with Crippen molar-refractivity contribution >= 4 is 22.6 Å². The number of fused-ring (bicyclic) bond motifs is 1. The van der Waals surface area contributed by atoms with Crippen molar-refractivity contribution in [1.82, 2.24) is 14.9 Å². The van der Waals surface area contributed by atoms with Gasteiger partial charge in [0.05, 0.1) is 16.1 Å². The molecule has 1 aromatic carbocycles. The van der Waals surface area contributed by atoms with Crippen LogP contribution >= 0.6 is 11.6 Å². The summed E-state index contributed by atoms with van der Waals surface area (Å²) < 4.78 is 2.32. The Bertz CT molecular complexity index is 585. The summed E-state index contributed by atoms with van der Waals surface area (Å²) in [7, 11) is 0. The lowest BCUT2D eigenvalue weighted by molar-refractivity contribution is 0.513. The number of para-hydroxylation sites is 1. The van der Waals surface area contributed by atoms with Gasteiger partial charge in [0, 0.05) is 13.0 Å². The van der Waals surface area contributed by atoms with Crippen LogP contribution in [0.3, 0.4) is 0 Å². The van der Waals surface area contributed by atoms with Gasteiger partial charge in [0.15, 0.2) is 0 Å². The Kier molecular flexibility index (Phi) is 4.27. The first-order valence-electron chi connectivity index (χ1n) is 7.64. The van der Waals surface area contributed by atoms with Crippen LogP contribution in [-0.2, 0) is 13.0 Å². The van der Waals surface area contributed by atoms with E-state index in [1.165, 1.54) is 25.2 Å². The largest absolute Gasteiger partial charge is 0.327 e. The summed E-state index contributed by atoms with van der Waals surface area (Å²) in [5, 5.41) is 4.25. The number of nitrogens with one attached hydrogen (secondary N) is 1. The number of imidazole rings is 1. The van der Waals surface area contributed by atoms with Gasteiger partial charge >= 0.3 is 0 Å². The van der Waals surface area contributed by atoms with E-state index in [1.807, 2.05) is 12.1 Å². The molecule has 0 spiro atoms. The molecule has 0 radical (unpaired) electrons. The van der Waals surface area contributed by atoms with Crippen molar-refractivity contribution in [3.05, 3.63) is 29.0 Å². The van der Waals surface area contributed by atoms with E-state index in [0.29, 0.717) is 0 Å². The molecule has 4 heteroatoms. The summed E-state index contributed by atoms with van der Waals surface area (Å²) in [6, 6.07) is 6.01. The predicted octanol–water partition coefficient (Wildman–Crippen LogP) is 3.64. The summed E-state index contributed by atoms with van der Waals surface area (Å²) in [6.45, 7) is 5.53. The first-order valence-corrected chi connectivity index (χ1v) is 8.01. The van der Waals surface area contributed by atoms with Crippen LogP contribution in [0.4, 0.5) is 0 Å². The summed E-state index contributed by atoms with van der Waals surface area (Å²) in [4.78, 5) is 4.81. The molecule has 1 saturated heterocycles. The zero-order valence-corrected chi connectivity index (χ0v) is 12.8. The van der Waals surface area contributed by atoms with Crippen LogP contribution in [0.25, 0.3) is 11.0 Å². The molecule has 0 bridgehead atoms. The third-order valence-electron chi connectivity index (χ3n) is 4.18. The van der Waals surface area contributed by atoms with Gasteiger partial charge in [-0.3, -0.25) is 0 Å². The highest BCUT2D eigenvalue weighted by molar-refractivity contribution is 6.35. The van der Waals surface area contributed by atoms with Crippen LogP contribution in [0.2, 0.25) is 5.02 Å².